The molecule has 0 N–H and O–H groups in total. The molecule has 0 saturated carbocycles. The Morgan fingerprint density at radius 3 is 2.41 bits per heavy atom. The third-order valence-corrected chi connectivity index (χ3v) is 5.87. The van der Waals surface area contributed by atoms with E-state index in [0.717, 1.165) is 32.0 Å². The summed E-state index contributed by atoms with van der Waals surface area (Å²) in [4.78, 5) is 9.66. The molecular weight excluding hydrogens is 330 g/mol. The van der Waals surface area contributed by atoms with Gasteiger partial charge < -0.3 is 9.80 Å². The van der Waals surface area contributed by atoms with Crippen LogP contribution < -0.4 is 9.80 Å². The molecule has 1 atom stereocenters. The topological polar surface area (TPSA) is 19.4 Å². The Morgan fingerprint density at radius 2 is 1.78 bits per heavy atom. The van der Waals surface area contributed by atoms with Crippen molar-refractivity contribution < 1.29 is 0 Å². The van der Waals surface area contributed by atoms with Gasteiger partial charge in [0.2, 0.25) is 0 Å². The second-order valence-electron chi connectivity index (χ2n) is 7.96. The van der Waals surface area contributed by atoms with Crippen molar-refractivity contribution in [1.82, 2.24) is 4.98 Å². The van der Waals surface area contributed by atoms with Gasteiger partial charge in [-0.25, -0.2) is 4.98 Å². The SMILES string of the molecule is CCN(CCCC(C)c1ccc(N2CCCCC2)nc1)c1ccc(C)cc1. The molecule has 0 spiro atoms. The first-order valence-corrected chi connectivity index (χ1v) is 10.7. The van der Waals surface area contributed by atoms with Gasteiger partial charge in [-0.05, 0) is 75.6 Å². The van der Waals surface area contributed by atoms with Gasteiger partial charge in [0, 0.05) is 38.1 Å². The molecular formula is C24H35N3. The van der Waals surface area contributed by atoms with Gasteiger partial charge in [0.25, 0.3) is 0 Å². The molecule has 27 heavy (non-hydrogen) atoms. The number of anilines is 2. The second kappa shape index (κ2) is 9.77. The van der Waals surface area contributed by atoms with Gasteiger partial charge >= 0.3 is 0 Å². The van der Waals surface area contributed by atoms with Crippen LogP contribution >= 0.6 is 0 Å². The predicted octanol–water partition coefficient (Wildman–Crippen LogP) is 5.79. The molecule has 1 aromatic heterocycles. The highest BCUT2D eigenvalue weighted by Gasteiger charge is 2.13. The number of nitrogens with zero attached hydrogens (tertiary/aromatic N) is 3. The molecule has 1 unspecified atom stereocenters. The third-order valence-electron chi connectivity index (χ3n) is 5.87. The van der Waals surface area contributed by atoms with E-state index < -0.39 is 0 Å². The van der Waals surface area contributed by atoms with E-state index in [1.54, 1.807) is 0 Å². The zero-order chi connectivity index (χ0) is 19.1. The maximum atomic E-state index is 4.75. The van der Waals surface area contributed by atoms with Crippen LogP contribution in [0.3, 0.4) is 0 Å². The molecule has 146 valence electrons. The average molecular weight is 366 g/mol. The van der Waals surface area contributed by atoms with E-state index in [1.807, 2.05) is 0 Å². The molecule has 1 aromatic carbocycles. The standard InChI is InChI=1S/C24H35N3/c1-4-26(23-13-10-20(2)11-14-23)18-8-9-21(3)22-12-15-24(25-19-22)27-16-6-5-7-17-27/h10-15,19,21H,4-9,16-18H2,1-3H3. The number of aromatic nitrogens is 1. The molecule has 3 heteroatoms. The van der Waals surface area contributed by atoms with Gasteiger partial charge in [-0.15, -0.1) is 0 Å². The van der Waals surface area contributed by atoms with Crippen LogP contribution in [0, 0.1) is 6.92 Å². The first kappa shape index (κ1) is 19.7. The average Bonchev–Trinajstić information content (AvgIpc) is 2.73. The van der Waals surface area contributed by atoms with Crippen molar-refractivity contribution in [2.45, 2.75) is 58.8 Å². The van der Waals surface area contributed by atoms with E-state index in [1.165, 1.54) is 48.9 Å². The van der Waals surface area contributed by atoms with E-state index in [4.69, 9.17) is 4.98 Å². The minimum absolute atomic E-state index is 0.560. The molecule has 3 nitrogen and oxygen atoms in total. The molecule has 0 amide bonds. The number of rotatable bonds is 8. The molecule has 3 rings (SSSR count). The van der Waals surface area contributed by atoms with Crippen LogP contribution in [0.25, 0.3) is 0 Å². The highest BCUT2D eigenvalue weighted by molar-refractivity contribution is 5.47. The van der Waals surface area contributed by atoms with Crippen LogP contribution in [-0.2, 0) is 0 Å². The van der Waals surface area contributed by atoms with Crippen molar-refractivity contribution in [3.63, 3.8) is 0 Å². The van der Waals surface area contributed by atoms with Crippen LogP contribution in [0.5, 0.6) is 0 Å². The summed E-state index contributed by atoms with van der Waals surface area (Å²) in [5.41, 5.74) is 4.03. The molecule has 1 fully saturated rings. The van der Waals surface area contributed by atoms with Gasteiger partial charge in [0.1, 0.15) is 5.82 Å². The quantitative estimate of drug-likeness (QED) is 0.590. The van der Waals surface area contributed by atoms with E-state index in [0.29, 0.717) is 5.92 Å². The maximum Gasteiger partial charge on any atom is 0.128 e. The monoisotopic (exact) mass is 365 g/mol. The van der Waals surface area contributed by atoms with Crippen LogP contribution in [0.2, 0.25) is 0 Å². The van der Waals surface area contributed by atoms with Crippen molar-refractivity contribution in [1.29, 1.82) is 0 Å². The van der Waals surface area contributed by atoms with Crippen molar-refractivity contribution in [3.8, 4) is 0 Å². The van der Waals surface area contributed by atoms with Gasteiger partial charge in [0.15, 0.2) is 0 Å². The Hall–Kier alpha value is -2.03. The third kappa shape index (κ3) is 5.47. The summed E-state index contributed by atoms with van der Waals surface area (Å²) in [7, 11) is 0. The number of piperidine rings is 1. The molecule has 1 aliphatic heterocycles. The summed E-state index contributed by atoms with van der Waals surface area (Å²) in [6.45, 7) is 11.2. The number of aryl methyl sites for hydroxylation is 1. The van der Waals surface area contributed by atoms with Crippen molar-refractivity contribution in [2.24, 2.45) is 0 Å². The van der Waals surface area contributed by atoms with Gasteiger partial charge in [-0.2, -0.15) is 0 Å². The minimum atomic E-state index is 0.560. The van der Waals surface area contributed by atoms with Crippen molar-refractivity contribution in [2.75, 3.05) is 36.0 Å². The fourth-order valence-electron chi connectivity index (χ4n) is 3.98. The number of pyridine rings is 1. The van der Waals surface area contributed by atoms with Crippen LogP contribution in [0.4, 0.5) is 11.5 Å². The van der Waals surface area contributed by atoms with E-state index in [-0.39, 0.29) is 0 Å². The lowest BCUT2D eigenvalue weighted by atomic mass is 9.97. The Morgan fingerprint density at radius 1 is 1.04 bits per heavy atom. The van der Waals surface area contributed by atoms with Crippen molar-refractivity contribution >= 4 is 11.5 Å². The van der Waals surface area contributed by atoms with Crippen LogP contribution in [-0.4, -0.2) is 31.2 Å². The minimum Gasteiger partial charge on any atom is -0.372 e. The van der Waals surface area contributed by atoms with Gasteiger partial charge in [-0.1, -0.05) is 30.7 Å². The predicted molar refractivity (Wildman–Crippen MR) is 117 cm³/mol. The fraction of sp³-hybridized carbons (Fsp3) is 0.542. The second-order valence-corrected chi connectivity index (χ2v) is 7.96. The molecule has 1 saturated heterocycles. The van der Waals surface area contributed by atoms with Gasteiger partial charge in [-0.3, -0.25) is 0 Å². The molecule has 0 aliphatic carbocycles. The normalized spacial score (nSPS) is 15.6. The fourth-order valence-corrected chi connectivity index (χ4v) is 3.98. The highest BCUT2D eigenvalue weighted by Crippen LogP contribution is 2.24. The lowest BCUT2D eigenvalue weighted by molar-refractivity contribution is 0.572. The van der Waals surface area contributed by atoms with E-state index >= 15 is 0 Å². The van der Waals surface area contributed by atoms with E-state index in [9.17, 15) is 0 Å². The van der Waals surface area contributed by atoms with Gasteiger partial charge in [0.05, 0.1) is 0 Å². The molecule has 1 aliphatic rings. The smallest absolute Gasteiger partial charge is 0.128 e. The number of benzene rings is 1. The summed E-state index contributed by atoms with van der Waals surface area (Å²) in [6.07, 6.45) is 8.47. The van der Waals surface area contributed by atoms with Crippen LogP contribution in [0.15, 0.2) is 42.6 Å². The largest absolute Gasteiger partial charge is 0.372 e. The summed E-state index contributed by atoms with van der Waals surface area (Å²) in [5.74, 6) is 1.71. The zero-order valence-electron chi connectivity index (χ0n) is 17.3. The molecule has 0 radical (unpaired) electrons. The highest BCUT2D eigenvalue weighted by atomic mass is 15.2. The first-order valence-electron chi connectivity index (χ1n) is 10.7. The number of hydrogen-bond donors (Lipinski definition) is 0. The zero-order valence-corrected chi connectivity index (χ0v) is 17.3. The van der Waals surface area contributed by atoms with E-state index in [2.05, 4.69) is 73.2 Å². The molecule has 2 heterocycles. The lowest BCUT2D eigenvalue weighted by Crippen LogP contribution is -2.30. The summed E-state index contributed by atoms with van der Waals surface area (Å²) in [5, 5.41) is 0. The summed E-state index contributed by atoms with van der Waals surface area (Å²) < 4.78 is 0. The summed E-state index contributed by atoms with van der Waals surface area (Å²) >= 11 is 0. The lowest BCUT2D eigenvalue weighted by Gasteiger charge is -2.28. The van der Waals surface area contributed by atoms with Crippen molar-refractivity contribution in [3.05, 3.63) is 53.7 Å². The molecule has 0 bridgehead atoms. The Kier molecular flexibility index (Phi) is 7.14. The summed E-state index contributed by atoms with van der Waals surface area (Å²) in [6, 6.07) is 13.4. The first-order chi connectivity index (χ1) is 13.2. The Labute approximate surface area is 165 Å². The maximum absolute atomic E-state index is 4.75. The van der Waals surface area contributed by atoms with Crippen LogP contribution in [0.1, 0.15) is 63.0 Å². The Balaban J connectivity index is 1.49. The number of hydrogen-bond acceptors (Lipinski definition) is 3. The molecule has 2 aromatic rings. The Bertz CT molecular complexity index is 672.